The fourth-order valence-electron chi connectivity index (χ4n) is 3.52. The Balaban J connectivity index is 1.42. The monoisotopic (exact) mass is 414 g/mol. The fraction of sp³-hybridized carbons (Fsp3) is 0.647. The van der Waals surface area contributed by atoms with Gasteiger partial charge in [-0.15, -0.1) is 11.3 Å². The standard InChI is InChI=1S/C17H26N4O4S2/c1-27(24,25)21-10-8-19(9-11-21)16(22)14-4-6-20(7-5-14)17(23)18-13-15-3-2-12-26-15/h2-3,12,14H,4-11,13H2,1H3,(H,18,23). The summed E-state index contributed by atoms with van der Waals surface area (Å²) in [4.78, 5) is 29.6. The highest BCUT2D eigenvalue weighted by atomic mass is 32.2. The molecule has 3 amide bonds. The highest BCUT2D eigenvalue weighted by Gasteiger charge is 2.33. The van der Waals surface area contributed by atoms with Gasteiger partial charge in [-0.1, -0.05) is 6.07 Å². The van der Waals surface area contributed by atoms with Crippen LogP contribution in [0.5, 0.6) is 0 Å². The molecule has 27 heavy (non-hydrogen) atoms. The van der Waals surface area contributed by atoms with Crippen LogP contribution in [0.3, 0.4) is 0 Å². The van der Waals surface area contributed by atoms with Gasteiger partial charge in [0.05, 0.1) is 12.8 Å². The molecule has 0 unspecified atom stereocenters. The maximum Gasteiger partial charge on any atom is 0.317 e. The van der Waals surface area contributed by atoms with Crippen molar-refractivity contribution in [1.82, 2.24) is 19.4 Å². The van der Waals surface area contributed by atoms with Crippen molar-refractivity contribution >= 4 is 33.3 Å². The number of nitrogens with zero attached hydrogens (tertiary/aromatic N) is 3. The molecule has 1 aromatic rings. The minimum Gasteiger partial charge on any atom is -0.340 e. The van der Waals surface area contributed by atoms with E-state index in [4.69, 9.17) is 0 Å². The van der Waals surface area contributed by atoms with E-state index in [0.717, 1.165) is 4.88 Å². The third-order valence-corrected chi connectivity index (χ3v) is 7.32. The van der Waals surface area contributed by atoms with Gasteiger partial charge in [0.15, 0.2) is 0 Å². The summed E-state index contributed by atoms with van der Waals surface area (Å²) < 4.78 is 24.6. The smallest absolute Gasteiger partial charge is 0.317 e. The van der Waals surface area contributed by atoms with Gasteiger partial charge in [-0.2, -0.15) is 4.31 Å². The third-order valence-electron chi connectivity index (χ3n) is 5.14. The molecular weight excluding hydrogens is 388 g/mol. The molecule has 2 aliphatic heterocycles. The Morgan fingerprint density at radius 3 is 2.33 bits per heavy atom. The highest BCUT2D eigenvalue weighted by molar-refractivity contribution is 7.88. The normalized spacial score (nSPS) is 19.9. The molecule has 0 atom stereocenters. The Bertz CT molecular complexity index is 750. The molecule has 1 aromatic heterocycles. The Labute approximate surface area is 164 Å². The maximum atomic E-state index is 12.7. The van der Waals surface area contributed by atoms with Crippen molar-refractivity contribution in [3.8, 4) is 0 Å². The topological polar surface area (TPSA) is 90.0 Å². The molecule has 0 radical (unpaired) electrons. The number of hydrogen-bond acceptors (Lipinski definition) is 5. The zero-order chi connectivity index (χ0) is 19.4. The van der Waals surface area contributed by atoms with Crippen molar-refractivity contribution in [3.63, 3.8) is 0 Å². The van der Waals surface area contributed by atoms with Crippen LogP contribution in [0.1, 0.15) is 17.7 Å². The van der Waals surface area contributed by atoms with Gasteiger partial charge in [-0.05, 0) is 24.3 Å². The molecule has 8 nitrogen and oxygen atoms in total. The molecule has 0 bridgehead atoms. The highest BCUT2D eigenvalue weighted by Crippen LogP contribution is 2.21. The first-order valence-electron chi connectivity index (χ1n) is 9.13. The van der Waals surface area contributed by atoms with Gasteiger partial charge in [0.1, 0.15) is 0 Å². The molecule has 0 saturated carbocycles. The van der Waals surface area contributed by atoms with Crippen LogP contribution in [0.4, 0.5) is 4.79 Å². The van der Waals surface area contributed by atoms with E-state index in [2.05, 4.69) is 5.32 Å². The molecule has 3 heterocycles. The van der Waals surface area contributed by atoms with Crippen LogP contribution in [0.2, 0.25) is 0 Å². The van der Waals surface area contributed by atoms with Crippen LogP contribution < -0.4 is 5.32 Å². The van der Waals surface area contributed by atoms with E-state index in [1.54, 1.807) is 21.1 Å². The number of nitrogens with one attached hydrogen (secondary N) is 1. The molecule has 0 aliphatic carbocycles. The number of carbonyl (C=O) groups is 2. The van der Waals surface area contributed by atoms with Crippen molar-refractivity contribution in [2.24, 2.45) is 5.92 Å². The number of piperazine rings is 1. The maximum absolute atomic E-state index is 12.7. The molecule has 0 spiro atoms. The molecule has 0 aromatic carbocycles. The van der Waals surface area contributed by atoms with Gasteiger partial charge in [-0.3, -0.25) is 4.79 Å². The number of piperidine rings is 1. The van der Waals surface area contributed by atoms with Crippen LogP contribution in [-0.2, 0) is 21.4 Å². The first kappa shape index (κ1) is 20.1. The largest absolute Gasteiger partial charge is 0.340 e. The van der Waals surface area contributed by atoms with Crippen molar-refractivity contribution in [3.05, 3.63) is 22.4 Å². The lowest BCUT2D eigenvalue weighted by molar-refractivity contribution is -0.138. The van der Waals surface area contributed by atoms with Crippen LogP contribution in [0.15, 0.2) is 17.5 Å². The second-order valence-electron chi connectivity index (χ2n) is 6.99. The van der Waals surface area contributed by atoms with E-state index in [1.807, 2.05) is 17.5 Å². The summed E-state index contributed by atoms with van der Waals surface area (Å²) in [7, 11) is -3.19. The summed E-state index contributed by atoms with van der Waals surface area (Å²) in [6.45, 7) is 3.25. The van der Waals surface area contributed by atoms with Gasteiger partial charge in [0.25, 0.3) is 0 Å². The van der Waals surface area contributed by atoms with E-state index < -0.39 is 10.0 Å². The molecule has 2 aliphatic rings. The van der Waals surface area contributed by atoms with Crippen LogP contribution >= 0.6 is 11.3 Å². The predicted octanol–water partition coefficient (Wildman–Crippen LogP) is 0.774. The summed E-state index contributed by atoms with van der Waals surface area (Å²) >= 11 is 1.61. The van der Waals surface area contributed by atoms with Crippen LogP contribution in [-0.4, -0.2) is 80.0 Å². The Kier molecular flexibility index (Phi) is 6.38. The van der Waals surface area contributed by atoms with E-state index >= 15 is 0 Å². The number of amides is 3. The molecule has 2 saturated heterocycles. The van der Waals surface area contributed by atoms with Gasteiger partial charge >= 0.3 is 6.03 Å². The van der Waals surface area contributed by atoms with Crippen LogP contribution in [0.25, 0.3) is 0 Å². The zero-order valence-electron chi connectivity index (χ0n) is 15.5. The summed E-state index contributed by atoms with van der Waals surface area (Å²) in [5, 5.41) is 4.90. The molecule has 2 fully saturated rings. The summed E-state index contributed by atoms with van der Waals surface area (Å²) in [5.74, 6) is -0.00192. The number of hydrogen-bond donors (Lipinski definition) is 1. The van der Waals surface area contributed by atoms with E-state index in [-0.39, 0.29) is 17.9 Å². The predicted molar refractivity (Wildman–Crippen MR) is 104 cm³/mol. The fourth-order valence-corrected chi connectivity index (χ4v) is 4.99. The minimum atomic E-state index is -3.19. The molecule has 150 valence electrons. The van der Waals surface area contributed by atoms with Gasteiger partial charge in [-0.25, -0.2) is 13.2 Å². The molecule has 1 N–H and O–H groups in total. The first-order chi connectivity index (χ1) is 12.8. The average molecular weight is 415 g/mol. The number of rotatable bonds is 4. The second kappa shape index (κ2) is 8.57. The minimum absolute atomic E-state index is 0.0850. The second-order valence-corrected chi connectivity index (χ2v) is 10.0. The van der Waals surface area contributed by atoms with Gasteiger partial charge in [0, 0.05) is 50.1 Å². The number of likely N-dealkylation sites (tertiary alicyclic amines) is 1. The lowest BCUT2D eigenvalue weighted by Crippen LogP contribution is -2.53. The summed E-state index contributed by atoms with van der Waals surface area (Å²) in [5.41, 5.74) is 0. The van der Waals surface area contributed by atoms with Crippen molar-refractivity contribution in [1.29, 1.82) is 0 Å². The molecular formula is C17H26N4O4S2. The average Bonchev–Trinajstić information content (AvgIpc) is 3.19. The van der Waals surface area contributed by atoms with E-state index in [0.29, 0.717) is 58.7 Å². The van der Waals surface area contributed by atoms with Crippen LogP contribution in [0, 0.1) is 5.92 Å². The van der Waals surface area contributed by atoms with Gasteiger partial charge < -0.3 is 15.1 Å². The number of sulfonamides is 1. The first-order valence-corrected chi connectivity index (χ1v) is 11.9. The van der Waals surface area contributed by atoms with E-state index in [9.17, 15) is 18.0 Å². The summed E-state index contributed by atoms with van der Waals surface area (Å²) in [6, 6.07) is 3.86. The molecule has 3 rings (SSSR count). The third kappa shape index (κ3) is 5.20. The van der Waals surface area contributed by atoms with Gasteiger partial charge in [0.2, 0.25) is 15.9 Å². The van der Waals surface area contributed by atoms with E-state index in [1.165, 1.54) is 10.6 Å². The van der Waals surface area contributed by atoms with Crippen molar-refractivity contribution < 1.29 is 18.0 Å². The summed E-state index contributed by atoms with van der Waals surface area (Å²) in [6.07, 6.45) is 2.50. The lowest BCUT2D eigenvalue weighted by atomic mass is 9.95. The number of carbonyl (C=O) groups excluding carboxylic acids is 2. The number of urea groups is 1. The zero-order valence-corrected chi connectivity index (χ0v) is 17.1. The SMILES string of the molecule is CS(=O)(=O)N1CCN(C(=O)C2CCN(C(=O)NCc3cccs3)CC2)CC1. The Hall–Kier alpha value is -1.65. The quantitative estimate of drug-likeness (QED) is 0.788. The van der Waals surface area contributed by atoms with Crippen molar-refractivity contribution in [2.45, 2.75) is 19.4 Å². The lowest BCUT2D eigenvalue weighted by Gasteiger charge is -2.37. The Morgan fingerprint density at radius 1 is 1.11 bits per heavy atom. The van der Waals surface area contributed by atoms with Crippen molar-refractivity contribution in [2.75, 3.05) is 45.5 Å². The number of thiophene rings is 1. The molecule has 10 heteroatoms. The Morgan fingerprint density at radius 2 is 1.78 bits per heavy atom.